The van der Waals surface area contributed by atoms with Crippen LogP contribution in [0.3, 0.4) is 0 Å². The third kappa shape index (κ3) is 3.31. The first-order valence-electron chi connectivity index (χ1n) is 7.36. The Kier molecular flexibility index (Phi) is 4.89. The summed E-state index contributed by atoms with van der Waals surface area (Å²) in [5.41, 5.74) is 1.29. The molecule has 1 aliphatic rings. The lowest BCUT2D eigenvalue weighted by atomic mass is 10.1. The van der Waals surface area contributed by atoms with Crippen LogP contribution in [-0.4, -0.2) is 23.1 Å². The molecule has 1 aliphatic heterocycles. The zero-order valence-electron chi connectivity index (χ0n) is 12.7. The van der Waals surface area contributed by atoms with Gasteiger partial charge in [0.1, 0.15) is 11.5 Å². The van der Waals surface area contributed by atoms with Crippen LogP contribution >= 0.6 is 11.8 Å². The molecule has 0 spiro atoms. The van der Waals surface area contributed by atoms with Crippen molar-refractivity contribution in [2.24, 2.45) is 0 Å². The molecule has 1 aromatic carbocycles. The second kappa shape index (κ2) is 7.09. The fourth-order valence-electron chi connectivity index (χ4n) is 2.61. The number of anilines is 1. The van der Waals surface area contributed by atoms with Crippen molar-refractivity contribution in [3.05, 3.63) is 66.1 Å². The zero-order valence-corrected chi connectivity index (χ0v) is 13.6. The number of amides is 1. The minimum atomic E-state index is -2.45. The molecule has 1 aromatic heterocycles. The molecule has 2 aromatic rings. The van der Waals surface area contributed by atoms with Gasteiger partial charge in [0, 0.05) is 12.2 Å². The van der Waals surface area contributed by atoms with Gasteiger partial charge in [-0.3, -0.25) is 4.79 Å². The van der Waals surface area contributed by atoms with E-state index in [0.717, 1.165) is 0 Å². The summed E-state index contributed by atoms with van der Waals surface area (Å²) >= 11 is 0.500. The number of rotatable bonds is 6. The van der Waals surface area contributed by atoms with Crippen LogP contribution in [0.4, 0.5) is 14.5 Å². The predicted octanol–water partition coefficient (Wildman–Crippen LogP) is 4.49. The number of furan rings is 1. The molecule has 7 heteroatoms. The number of carbonyl (C=O) groups excluding carboxylic acids is 1. The van der Waals surface area contributed by atoms with Gasteiger partial charge in [0.25, 0.3) is 11.7 Å². The fraction of sp³-hybridized carbons (Fsp3) is 0.235. The van der Waals surface area contributed by atoms with E-state index < -0.39 is 11.9 Å². The molecule has 0 radical (unpaired) electrons. The normalized spacial score (nSPS) is 16.9. The van der Waals surface area contributed by atoms with Gasteiger partial charge < -0.3 is 14.6 Å². The average Bonchev–Trinajstić information content (AvgIpc) is 3.04. The maximum atomic E-state index is 12.7. The molecule has 1 N–H and O–H groups in total. The number of para-hydroxylation sites is 1. The number of hydrogen-bond donors (Lipinski definition) is 1. The van der Waals surface area contributed by atoms with Crippen molar-refractivity contribution < 1.29 is 18.0 Å². The summed E-state index contributed by atoms with van der Waals surface area (Å²) in [6, 6.07) is 10.6. The highest BCUT2D eigenvalue weighted by atomic mass is 32.2. The van der Waals surface area contributed by atoms with Crippen molar-refractivity contribution in [3.63, 3.8) is 0 Å². The lowest BCUT2D eigenvalue weighted by molar-refractivity contribution is 0.0688. The van der Waals surface area contributed by atoms with Gasteiger partial charge in [-0.25, -0.2) is 0 Å². The number of alkyl halides is 2. The number of thioether (sulfide) groups is 1. The number of fused-ring (bicyclic) bond motifs is 1. The molecule has 0 bridgehead atoms. The zero-order chi connectivity index (χ0) is 17.1. The van der Waals surface area contributed by atoms with Crippen molar-refractivity contribution >= 4 is 23.4 Å². The maximum absolute atomic E-state index is 12.7. The summed E-state index contributed by atoms with van der Waals surface area (Å²) in [5, 5.41) is 3.27. The molecule has 4 nitrogen and oxygen atoms in total. The van der Waals surface area contributed by atoms with Gasteiger partial charge >= 0.3 is 0 Å². The van der Waals surface area contributed by atoms with Crippen molar-refractivity contribution in [2.75, 3.05) is 11.9 Å². The summed E-state index contributed by atoms with van der Waals surface area (Å²) in [6.07, 6.45) is 1.13. The second-order valence-electron chi connectivity index (χ2n) is 5.21. The van der Waals surface area contributed by atoms with Crippen LogP contribution in [0.25, 0.3) is 0 Å². The third-order valence-corrected chi connectivity index (χ3v) is 4.35. The molecule has 24 heavy (non-hydrogen) atoms. The van der Waals surface area contributed by atoms with Crippen molar-refractivity contribution in [2.45, 2.75) is 17.7 Å². The molecule has 0 aliphatic carbocycles. The number of benzene rings is 1. The van der Waals surface area contributed by atoms with Gasteiger partial charge in [-0.15, -0.1) is 6.58 Å². The van der Waals surface area contributed by atoms with Crippen LogP contribution in [0.1, 0.15) is 28.0 Å². The topological polar surface area (TPSA) is 45.5 Å². The van der Waals surface area contributed by atoms with Gasteiger partial charge in [-0.05, 0) is 24.3 Å². The van der Waals surface area contributed by atoms with Crippen LogP contribution in [0, 0.1) is 0 Å². The number of carbonyl (C=O) groups is 1. The number of halogens is 2. The van der Waals surface area contributed by atoms with Crippen LogP contribution < -0.4 is 5.32 Å². The highest BCUT2D eigenvalue weighted by Gasteiger charge is 2.33. The Hall–Kier alpha value is -2.28. The SMILES string of the molecule is C=CCN1C(=O)c2ccccc2NC1c1ccc(CSC(F)F)o1. The number of hydrogen-bond acceptors (Lipinski definition) is 4. The highest BCUT2D eigenvalue weighted by molar-refractivity contribution is 7.98. The van der Waals surface area contributed by atoms with Crippen molar-refractivity contribution in [3.8, 4) is 0 Å². The minimum Gasteiger partial charge on any atom is -0.461 e. The Balaban J connectivity index is 1.88. The molecule has 1 unspecified atom stereocenters. The lowest BCUT2D eigenvalue weighted by Gasteiger charge is -2.36. The first-order chi connectivity index (χ1) is 11.6. The Bertz CT molecular complexity index is 748. The summed E-state index contributed by atoms with van der Waals surface area (Å²) < 4.78 is 30.3. The Labute approximate surface area is 142 Å². The molecule has 126 valence electrons. The van der Waals surface area contributed by atoms with Crippen molar-refractivity contribution in [1.82, 2.24) is 4.90 Å². The van der Waals surface area contributed by atoms with Crippen molar-refractivity contribution in [1.29, 1.82) is 0 Å². The first kappa shape index (κ1) is 16.6. The molecular formula is C17H16F2N2O2S. The Morgan fingerprint density at radius 3 is 2.88 bits per heavy atom. The largest absolute Gasteiger partial charge is 0.461 e. The van der Waals surface area contributed by atoms with E-state index in [4.69, 9.17) is 4.42 Å². The predicted molar refractivity (Wildman–Crippen MR) is 90.0 cm³/mol. The van der Waals surface area contributed by atoms with Crippen LogP contribution in [0.5, 0.6) is 0 Å². The maximum Gasteiger partial charge on any atom is 0.284 e. The lowest BCUT2D eigenvalue weighted by Crippen LogP contribution is -2.42. The fourth-order valence-corrected chi connectivity index (χ4v) is 3.05. The summed E-state index contributed by atoms with van der Waals surface area (Å²) in [5.74, 6) is -1.55. The third-order valence-electron chi connectivity index (χ3n) is 3.65. The first-order valence-corrected chi connectivity index (χ1v) is 8.41. The van der Waals surface area contributed by atoms with E-state index in [0.29, 0.717) is 41.1 Å². The summed E-state index contributed by atoms with van der Waals surface area (Å²) in [6.45, 7) is 4.03. The monoisotopic (exact) mass is 350 g/mol. The van der Waals surface area contributed by atoms with E-state index in [1.807, 2.05) is 12.1 Å². The van der Waals surface area contributed by atoms with Crippen LogP contribution in [0.15, 0.2) is 53.5 Å². The van der Waals surface area contributed by atoms with E-state index >= 15 is 0 Å². The quantitative estimate of drug-likeness (QED) is 0.780. The van der Waals surface area contributed by atoms with Gasteiger partial charge in [0.15, 0.2) is 6.17 Å². The molecule has 1 atom stereocenters. The van der Waals surface area contributed by atoms with E-state index in [9.17, 15) is 13.6 Å². The van der Waals surface area contributed by atoms with E-state index in [1.54, 1.807) is 35.2 Å². The van der Waals surface area contributed by atoms with Gasteiger partial charge in [-0.2, -0.15) is 8.78 Å². The molecule has 0 saturated carbocycles. The molecule has 0 fully saturated rings. The van der Waals surface area contributed by atoms with E-state index in [2.05, 4.69) is 11.9 Å². The van der Waals surface area contributed by atoms with Crippen LogP contribution in [-0.2, 0) is 5.75 Å². The Morgan fingerprint density at radius 2 is 2.12 bits per heavy atom. The van der Waals surface area contributed by atoms with E-state index in [1.165, 1.54) is 0 Å². The number of nitrogens with one attached hydrogen (secondary N) is 1. The molecule has 3 rings (SSSR count). The molecule has 0 saturated heterocycles. The number of nitrogens with zero attached hydrogens (tertiary/aromatic N) is 1. The smallest absolute Gasteiger partial charge is 0.284 e. The standard InChI is InChI=1S/C17H16F2N2O2S/c1-2-9-21-15(14-8-7-11(23-14)10-24-17(18)19)20-13-6-4-3-5-12(13)16(21)22/h2-8,15,17,20H,1,9-10H2. The van der Waals surface area contributed by atoms with Crippen LogP contribution in [0.2, 0.25) is 0 Å². The van der Waals surface area contributed by atoms with Gasteiger partial charge in [-0.1, -0.05) is 30.0 Å². The summed E-state index contributed by atoms with van der Waals surface area (Å²) in [7, 11) is 0. The Morgan fingerprint density at radius 1 is 1.33 bits per heavy atom. The second-order valence-corrected chi connectivity index (χ2v) is 6.19. The molecule has 2 heterocycles. The van der Waals surface area contributed by atoms with E-state index in [-0.39, 0.29) is 11.7 Å². The molecule has 1 amide bonds. The summed E-state index contributed by atoms with van der Waals surface area (Å²) in [4.78, 5) is 14.3. The average molecular weight is 350 g/mol. The minimum absolute atomic E-state index is 0.0797. The highest BCUT2D eigenvalue weighted by Crippen LogP contribution is 2.34. The van der Waals surface area contributed by atoms with Gasteiger partial charge in [0.2, 0.25) is 0 Å². The van der Waals surface area contributed by atoms with Gasteiger partial charge in [0.05, 0.1) is 11.3 Å². The molecular weight excluding hydrogens is 334 g/mol.